The van der Waals surface area contributed by atoms with Crippen LogP contribution in [0.3, 0.4) is 0 Å². The number of rotatable bonds is 7. The van der Waals surface area contributed by atoms with Crippen LogP contribution in [0.15, 0.2) is 12.1 Å². The minimum atomic E-state index is -3.46. The Hall–Kier alpha value is -0.200. The van der Waals surface area contributed by atoms with E-state index in [4.69, 9.17) is 34.8 Å². The van der Waals surface area contributed by atoms with Gasteiger partial charge in [0.1, 0.15) is 0 Å². The SMILES string of the molecule is CC(C)NCCCS(=O)(=O)Nc1cc(Cl)c(Cl)cc1Cl. The van der Waals surface area contributed by atoms with Crippen molar-refractivity contribution in [1.29, 1.82) is 0 Å². The lowest BCUT2D eigenvalue weighted by molar-refractivity contribution is 0.571. The van der Waals surface area contributed by atoms with Gasteiger partial charge in [0, 0.05) is 6.04 Å². The lowest BCUT2D eigenvalue weighted by Crippen LogP contribution is -2.26. The predicted molar refractivity (Wildman–Crippen MR) is 86.6 cm³/mol. The maximum atomic E-state index is 11.9. The van der Waals surface area contributed by atoms with Gasteiger partial charge in [0.15, 0.2) is 0 Å². The van der Waals surface area contributed by atoms with Crippen LogP contribution in [0, 0.1) is 0 Å². The zero-order valence-electron chi connectivity index (χ0n) is 11.2. The largest absolute Gasteiger partial charge is 0.314 e. The number of sulfonamides is 1. The summed E-state index contributed by atoms with van der Waals surface area (Å²) in [7, 11) is -3.46. The smallest absolute Gasteiger partial charge is 0.232 e. The van der Waals surface area contributed by atoms with Gasteiger partial charge in [-0.15, -0.1) is 0 Å². The molecular weight excluding hydrogens is 343 g/mol. The Kier molecular flexibility index (Phi) is 6.88. The second-order valence-electron chi connectivity index (χ2n) is 4.63. The molecule has 0 unspecified atom stereocenters. The van der Waals surface area contributed by atoms with Crippen molar-refractivity contribution in [2.45, 2.75) is 26.3 Å². The quantitative estimate of drug-likeness (QED) is 0.575. The Morgan fingerprint density at radius 1 is 1.10 bits per heavy atom. The molecule has 0 aromatic heterocycles. The molecular formula is C12H17Cl3N2O2S. The molecule has 1 rings (SSSR count). The van der Waals surface area contributed by atoms with Crippen molar-refractivity contribution in [2.75, 3.05) is 17.0 Å². The van der Waals surface area contributed by atoms with Gasteiger partial charge in [-0.05, 0) is 25.1 Å². The highest BCUT2D eigenvalue weighted by atomic mass is 35.5. The maximum absolute atomic E-state index is 11.9. The first-order valence-electron chi connectivity index (χ1n) is 6.09. The van der Waals surface area contributed by atoms with E-state index in [9.17, 15) is 8.42 Å². The highest BCUT2D eigenvalue weighted by molar-refractivity contribution is 7.92. The van der Waals surface area contributed by atoms with E-state index in [-0.39, 0.29) is 26.5 Å². The molecule has 0 radical (unpaired) electrons. The standard InChI is InChI=1S/C12H17Cl3N2O2S/c1-8(2)16-4-3-5-20(18,19)17-12-7-10(14)9(13)6-11(12)15/h6-8,16-17H,3-5H2,1-2H3. The van der Waals surface area contributed by atoms with Gasteiger partial charge < -0.3 is 5.32 Å². The average molecular weight is 360 g/mol. The zero-order chi connectivity index (χ0) is 15.3. The molecule has 0 heterocycles. The molecule has 0 amide bonds. The molecule has 8 heteroatoms. The molecule has 0 aliphatic carbocycles. The maximum Gasteiger partial charge on any atom is 0.232 e. The molecule has 1 aromatic rings. The topological polar surface area (TPSA) is 58.2 Å². The highest BCUT2D eigenvalue weighted by Gasteiger charge is 2.14. The van der Waals surface area contributed by atoms with Gasteiger partial charge in [-0.3, -0.25) is 4.72 Å². The molecule has 20 heavy (non-hydrogen) atoms. The fraction of sp³-hybridized carbons (Fsp3) is 0.500. The van der Waals surface area contributed by atoms with Crippen molar-refractivity contribution in [2.24, 2.45) is 0 Å². The zero-order valence-corrected chi connectivity index (χ0v) is 14.3. The molecule has 2 N–H and O–H groups in total. The van der Waals surface area contributed by atoms with E-state index in [1.807, 2.05) is 13.8 Å². The van der Waals surface area contributed by atoms with Crippen molar-refractivity contribution in [3.8, 4) is 0 Å². The van der Waals surface area contributed by atoms with E-state index < -0.39 is 10.0 Å². The average Bonchev–Trinajstić information content (AvgIpc) is 2.31. The van der Waals surface area contributed by atoms with E-state index in [1.54, 1.807) is 0 Å². The summed E-state index contributed by atoms with van der Waals surface area (Å²) in [4.78, 5) is 0. The van der Waals surface area contributed by atoms with Crippen LogP contribution in [-0.4, -0.2) is 26.8 Å². The van der Waals surface area contributed by atoms with Crippen LogP contribution in [0.5, 0.6) is 0 Å². The first-order chi connectivity index (χ1) is 9.21. The third-order valence-electron chi connectivity index (χ3n) is 2.42. The summed E-state index contributed by atoms with van der Waals surface area (Å²) in [6.45, 7) is 4.64. The summed E-state index contributed by atoms with van der Waals surface area (Å²) in [5.74, 6) is 0.00327. The van der Waals surface area contributed by atoms with Crippen molar-refractivity contribution in [3.05, 3.63) is 27.2 Å². The van der Waals surface area contributed by atoms with E-state index in [0.29, 0.717) is 19.0 Å². The molecule has 0 fully saturated rings. The Bertz CT molecular complexity index is 562. The van der Waals surface area contributed by atoms with E-state index in [1.165, 1.54) is 12.1 Å². The van der Waals surface area contributed by atoms with Crippen LogP contribution < -0.4 is 10.0 Å². The first-order valence-corrected chi connectivity index (χ1v) is 8.88. The normalized spacial score (nSPS) is 11.9. The Balaban J connectivity index is 2.65. The van der Waals surface area contributed by atoms with Gasteiger partial charge in [-0.2, -0.15) is 0 Å². The Labute approximate surface area is 134 Å². The van der Waals surface area contributed by atoms with Crippen molar-refractivity contribution in [3.63, 3.8) is 0 Å². The number of halogens is 3. The van der Waals surface area contributed by atoms with Gasteiger partial charge in [-0.25, -0.2) is 8.42 Å². The van der Waals surface area contributed by atoms with Crippen LogP contribution in [0.25, 0.3) is 0 Å². The van der Waals surface area contributed by atoms with Crippen molar-refractivity contribution >= 4 is 50.5 Å². The van der Waals surface area contributed by atoms with Crippen molar-refractivity contribution in [1.82, 2.24) is 5.32 Å². The van der Waals surface area contributed by atoms with Gasteiger partial charge in [0.25, 0.3) is 0 Å². The second-order valence-corrected chi connectivity index (χ2v) is 7.69. The van der Waals surface area contributed by atoms with Crippen LogP contribution >= 0.6 is 34.8 Å². The number of nitrogens with one attached hydrogen (secondary N) is 2. The second kappa shape index (κ2) is 7.71. The molecule has 1 aromatic carbocycles. The van der Waals surface area contributed by atoms with Gasteiger partial charge >= 0.3 is 0 Å². The number of hydrogen-bond acceptors (Lipinski definition) is 3. The molecule has 114 valence electrons. The van der Waals surface area contributed by atoms with Gasteiger partial charge in [0.05, 0.1) is 26.5 Å². The minimum absolute atomic E-state index is 0.00327. The van der Waals surface area contributed by atoms with E-state index in [2.05, 4.69) is 10.0 Å². The van der Waals surface area contributed by atoms with E-state index in [0.717, 1.165) is 0 Å². The number of benzene rings is 1. The molecule has 0 spiro atoms. The van der Waals surface area contributed by atoms with Gasteiger partial charge in [-0.1, -0.05) is 48.7 Å². The summed E-state index contributed by atoms with van der Waals surface area (Å²) >= 11 is 17.6. The van der Waals surface area contributed by atoms with Crippen LogP contribution in [0.4, 0.5) is 5.69 Å². The van der Waals surface area contributed by atoms with Crippen LogP contribution in [-0.2, 0) is 10.0 Å². The summed E-state index contributed by atoms with van der Waals surface area (Å²) in [6, 6.07) is 3.13. The fourth-order valence-electron chi connectivity index (χ4n) is 1.47. The number of hydrogen-bond donors (Lipinski definition) is 2. The summed E-state index contributed by atoms with van der Waals surface area (Å²) in [6.07, 6.45) is 0.506. The summed E-state index contributed by atoms with van der Waals surface area (Å²) < 4.78 is 26.3. The Morgan fingerprint density at radius 2 is 1.70 bits per heavy atom. The number of anilines is 1. The molecule has 0 aliphatic rings. The molecule has 0 atom stereocenters. The molecule has 0 saturated carbocycles. The minimum Gasteiger partial charge on any atom is -0.314 e. The monoisotopic (exact) mass is 358 g/mol. The third-order valence-corrected chi connectivity index (χ3v) is 4.81. The third kappa shape index (κ3) is 6.06. The lowest BCUT2D eigenvalue weighted by atomic mass is 10.3. The fourth-order valence-corrected chi connectivity index (χ4v) is 3.25. The molecule has 0 bridgehead atoms. The molecule has 0 aliphatic heterocycles. The first kappa shape index (κ1) is 17.9. The molecule has 4 nitrogen and oxygen atoms in total. The Morgan fingerprint density at radius 3 is 2.30 bits per heavy atom. The van der Waals surface area contributed by atoms with E-state index >= 15 is 0 Å². The summed E-state index contributed by atoms with van der Waals surface area (Å²) in [5.41, 5.74) is 0.234. The lowest BCUT2D eigenvalue weighted by Gasteiger charge is -2.11. The molecule has 0 saturated heterocycles. The van der Waals surface area contributed by atoms with Crippen LogP contribution in [0.2, 0.25) is 15.1 Å². The predicted octanol–water partition coefficient (Wildman–Crippen LogP) is 3.78. The van der Waals surface area contributed by atoms with Crippen molar-refractivity contribution < 1.29 is 8.42 Å². The van der Waals surface area contributed by atoms with Gasteiger partial charge in [0.2, 0.25) is 10.0 Å². The highest BCUT2D eigenvalue weighted by Crippen LogP contribution is 2.32. The van der Waals surface area contributed by atoms with Crippen LogP contribution in [0.1, 0.15) is 20.3 Å². The summed E-state index contributed by atoms with van der Waals surface area (Å²) in [5, 5.41) is 3.89.